The maximum atomic E-state index is 11.7. The van der Waals surface area contributed by atoms with Gasteiger partial charge in [-0.1, -0.05) is 27.4 Å². The van der Waals surface area contributed by atoms with Crippen molar-refractivity contribution in [3.8, 4) is 0 Å². The molecule has 0 fully saturated rings. The molecule has 0 aliphatic carbocycles. The summed E-state index contributed by atoms with van der Waals surface area (Å²) in [6.45, 7) is 9.54. The van der Waals surface area contributed by atoms with Crippen LogP contribution in [0.4, 0.5) is 0 Å². The molecule has 0 atom stereocenters. The zero-order valence-electron chi connectivity index (χ0n) is 11.1. The third kappa shape index (κ3) is 2.57. The Labute approximate surface area is 108 Å². The molecule has 0 aliphatic heterocycles. The quantitative estimate of drug-likeness (QED) is 0.634. The third-order valence-electron chi connectivity index (χ3n) is 2.73. The lowest BCUT2D eigenvalue weighted by molar-refractivity contribution is 0.571. The Bertz CT molecular complexity index is 818. The van der Waals surface area contributed by atoms with Gasteiger partial charge in [-0.2, -0.15) is 0 Å². The van der Waals surface area contributed by atoms with Gasteiger partial charge in [0, 0.05) is 11.1 Å². The fraction of sp³-hybridized carbons (Fsp3) is 0.308. The highest BCUT2D eigenvalue weighted by atomic mass is 16.1. The van der Waals surface area contributed by atoms with Gasteiger partial charge in [-0.3, -0.25) is 9.59 Å². The van der Waals surface area contributed by atoms with Crippen molar-refractivity contribution in [3.63, 3.8) is 0 Å². The molecule has 2 aromatic heterocycles. The number of nitrogens with one attached hydrogen (secondary N) is 3. The third-order valence-corrected chi connectivity index (χ3v) is 2.73. The van der Waals surface area contributed by atoms with Crippen LogP contribution >= 0.6 is 0 Å². The van der Waals surface area contributed by atoms with Crippen LogP contribution in [0.2, 0.25) is 0 Å². The fourth-order valence-electron chi connectivity index (χ4n) is 1.77. The van der Waals surface area contributed by atoms with Gasteiger partial charge >= 0.3 is 0 Å². The molecule has 0 saturated carbocycles. The highest BCUT2D eigenvalue weighted by Gasteiger charge is 2.19. The van der Waals surface area contributed by atoms with E-state index in [2.05, 4.69) is 26.5 Å². The van der Waals surface area contributed by atoms with Crippen LogP contribution in [0.3, 0.4) is 0 Å². The van der Waals surface area contributed by atoms with Gasteiger partial charge in [0.1, 0.15) is 5.35 Å². The summed E-state index contributed by atoms with van der Waals surface area (Å²) in [7, 11) is 0. The van der Waals surface area contributed by atoms with E-state index in [0.717, 1.165) is 5.69 Å². The molecular formula is C13H16N4O2. The van der Waals surface area contributed by atoms with E-state index in [4.69, 9.17) is 0 Å². The Kier molecular flexibility index (Phi) is 3.01. The summed E-state index contributed by atoms with van der Waals surface area (Å²) in [5.41, 5.74) is 0.574. The van der Waals surface area contributed by atoms with Crippen molar-refractivity contribution in [3.05, 3.63) is 49.1 Å². The first kappa shape index (κ1) is 13.1. The second kappa shape index (κ2) is 4.38. The highest BCUT2D eigenvalue weighted by molar-refractivity contribution is 5.47. The maximum Gasteiger partial charge on any atom is 0.272 e. The molecule has 2 aromatic rings. The lowest BCUT2D eigenvalue weighted by Gasteiger charge is -2.16. The van der Waals surface area contributed by atoms with E-state index >= 15 is 0 Å². The lowest BCUT2D eigenvalue weighted by Crippen LogP contribution is -2.46. The van der Waals surface area contributed by atoms with Gasteiger partial charge in [0.15, 0.2) is 0 Å². The summed E-state index contributed by atoms with van der Waals surface area (Å²) >= 11 is 0. The van der Waals surface area contributed by atoms with Crippen LogP contribution in [0, 0.1) is 0 Å². The number of H-pyrrole nitrogens is 3. The first-order chi connectivity index (χ1) is 8.79. The van der Waals surface area contributed by atoms with Crippen LogP contribution in [0.1, 0.15) is 32.2 Å². The Morgan fingerprint density at radius 2 is 1.89 bits per heavy atom. The smallest absolute Gasteiger partial charge is 0.272 e. The van der Waals surface area contributed by atoms with Gasteiger partial charge in [-0.25, -0.2) is 4.98 Å². The normalized spacial score (nSPS) is 12.9. The second-order valence-electron chi connectivity index (χ2n) is 5.36. The van der Waals surface area contributed by atoms with Gasteiger partial charge in [-0.05, 0) is 6.08 Å². The first-order valence-electron chi connectivity index (χ1n) is 5.86. The lowest BCUT2D eigenvalue weighted by atomic mass is 9.90. The number of nitrogens with zero attached hydrogens (tertiary/aromatic N) is 1. The SMILES string of the molecule is C=c1[nH]c(=O)c(=Cc2nc[nH]c2C(C)(C)C)[nH]c1=O. The minimum Gasteiger partial charge on any atom is -0.348 e. The molecule has 6 nitrogen and oxygen atoms in total. The van der Waals surface area contributed by atoms with Crippen LogP contribution in [0.5, 0.6) is 0 Å². The zero-order chi connectivity index (χ0) is 14.2. The van der Waals surface area contributed by atoms with E-state index in [1.807, 2.05) is 20.8 Å². The molecule has 0 spiro atoms. The van der Waals surface area contributed by atoms with E-state index < -0.39 is 11.1 Å². The Morgan fingerprint density at radius 3 is 2.53 bits per heavy atom. The average molecular weight is 260 g/mol. The minimum atomic E-state index is -0.418. The molecule has 6 heteroatoms. The van der Waals surface area contributed by atoms with Crippen molar-refractivity contribution in [2.45, 2.75) is 26.2 Å². The predicted molar refractivity (Wildman–Crippen MR) is 73.3 cm³/mol. The standard InChI is InChI=1S/C13H16N4O2/c1-7-11(18)17-9(12(19)16-7)5-8-10(13(2,3)4)15-6-14-8/h5-6H,1H2,2-4H3,(H,14,15)(H,16,19)(H,17,18). The number of aromatic nitrogens is 4. The molecule has 2 rings (SSSR count). The number of aromatic amines is 3. The highest BCUT2D eigenvalue weighted by Crippen LogP contribution is 2.22. The number of rotatable bonds is 1. The summed E-state index contributed by atoms with van der Waals surface area (Å²) in [5.74, 6) is 0. The van der Waals surface area contributed by atoms with E-state index in [-0.39, 0.29) is 16.1 Å². The molecular weight excluding hydrogens is 244 g/mol. The fourth-order valence-corrected chi connectivity index (χ4v) is 1.77. The van der Waals surface area contributed by atoms with Crippen LogP contribution < -0.4 is 21.8 Å². The maximum absolute atomic E-state index is 11.7. The first-order valence-corrected chi connectivity index (χ1v) is 5.86. The zero-order valence-corrected chi connectivity index (χ0v) is 11.1. The van der Waals surface area contributed by atoms with E-state index in [1.54, 1.807) is 12.4 Å². The van der Waals surface area contributed by atoms with Crippen molar-refractivity contribution in [2.24, 2.45) is 0 Å². The molecule has 100 valence electrons. The summed E-state index contributed by atoms with van der Waals surface area (Å²) < 4.78 is 0. The molecule has 0 bridgehead atoms. The monoisotopic (exact) mass is 260 g/mol. The molecule has 19 heavy (non-hydrogen) atoms. The number of imidazole rings is 1. The van der Waals surface area contributed by atoms with Gasteiger partial charge < -0.3 is 15.0 Å². The minimum absolute atomic E-state index is 0.0419. The number of hydrogen-bond acceptors (Lipinski definition) is 3. The summed E-state index contributed by atoms with van der Waals surface area (Å²) in [6.07, 6.45) is 3.12. The molecule has 2 heterocycles. The van der Waals surface area contributed by atoms with Crippen molar-refractivity contribution < 1.29 is 0 Å². The molecule has 0 amide bonds. The van der Waals surface area contributed by atoms with Crippen molar-refractivity contribution in [1.82, 2.24) is 19.9 Å². The molecule has 0 aromatic carbocycles. The van der Waals surface area contributed by atoms with Gasteiger partial charge in [0.05, 0.1) is 17.4 Å². The van der Waals surface area contributed by atoms with Crippen molar-refractivity contribution in [2.75, 3.05) is 0 Å². The second-order valence-corrected chi connectivity index (χ2v) is 5.36. The molecule has 0 radical (unpaired) electrons. The molecule has 0 aliphatic rings. The predicted octanol–water partition coefficient (Wildman–Crippen LogP) is -0.677. The van der Waals surface area contributed by atoms with E-state index in [9.17, 15) is 9.59 Å². The van der Waals surface area contributed by atoms with Gasteiger partial charge in [0.2, 0.25) is 0 Å². The van der Waals surface area contributed by atoms with Crippen molar-refractivity contribution >= 4 is 12.7 Å². The largest absolute Gasteiger partial charge is 0.348 e. The van der Waals surface area contributed by atoms with Gasteiger partial charge in [0.25, 0.3) is 11.1 Å². The van der Waals surface area contributed by atoms with Crippen LogP contribution in [0.15, 0.2) is 15.9 Å². The van der Waals surface area contributed by atoms with E-state index in [0.29, 0.717) is 5.69 Å². The topological polar surface area (TPSA) is 94.4 Å². The summed E-state index contributed by atoms with van der Waals surface area (Å²) in [4.78, 5) is 35.3. The Hall–Kier alpha value is -2.37. The molecule has 3 N–H and O–H groups in total. The van der Waals surface area contributed by atoms with Crippen LogP contribution in [-0.2, 0) is 5.41 Å². The number of hydrogen-bond donors (Lipinski definition) is 3. The summed E-state index contributed by atoms with van der Waals surface area (Å²) in [5, 5.41) is 0.204. The summed E-state index contributed by atoms with van der Waals surface area (Å²) in [6, 6.07) is 0. The molecule has 0 unspecified atom stereocenters. The van der Waals surface area contributed by atoms with E-state index in [1.165, 1.54) is 0 Å². The Morgan fingerprint density at radius 1 is 1.21 bits per heavy atom. The van der Waals surface area contributed by atoms with Crippen molar-refractivity contribution in [1.29, 1.82) is 0 Å². The van der Waals surface area contributed by atoms with Gasteiger partial charge in [-0.15, -0.1) is 0 Å². The van der Waals surface area contributed by atoms with Crippen LogP contribution in [-0.4, -0.2) is 19.9 Å². The van der Waals surface area contributed by atoms with Crippen LogP contribution in [0.25, 0.3) is 12.7 Å². The average Bonchev–Trinajstić information content (AvgIpc) is 2.73. The Balaban J connectivity index is 2.70. The molecule has 0 saturated heterocycles.